The van der Waals surface area contributed by atoms with E-state index in [9.17, 15) is 0 Å². The van der Waals surface area contributed by atoms with Gasteiger partial charge in [-0.05, 0) is 109 Å². The molecule has 0 unspecified atom stereocenters. The number of para-hydroxylation sites is 1. The van der Waals surface area contributed by atoms with Gasteiger partial charge in [-0.1, -0.05) is 177 Å². The minimum absolute atomic E-state index is 0.168. The minimum Gasteiger partial charge on any atom is -0.355 e. The van der Waals surface area contributed by atoms with E-state index >= 15 is 0 Å². The van der Waals surface area contributed by atoms with E-state index in [1.807, 2.05) is 0 Å². The van der Waals surface area contributed by atoms with Crippen LogP contribution in [-0.2, 0) is 5.41 Å². The molecule has 0 bridgehead atoms. The third-order valence-corrected chi connectivity index (χ3v) is 12.4. The van der Waals surface area contributed by atoms with Gasteiger partial charge in [-0.3, -0.25) is 0 Å². The van der Waals surface area contributed by atoms with Crippen LogP contribution >= 0.6 is 0 Å². The molecule has 9 aromatic rings. The largest absolute Gasteiger partial charge is 0.355 e. The average molecular weight is 741 g/mol. The summed E-state index contributed by atoms with van der Waals surface area (Å²) in [5.74, 6) is 0. The lowest BCUT2D eigenvalue weighted by Gasteiger charge is -2.46. The van der Waals surface area contributed by atoms with Crippen LogP contribution < -0.4 is 21.1 Å². The molecule has 1 N–H and O–H groups in total. The molecule has 0 atom stereocenters. The highest BCUT2D eigenvalue weighted by molar-refractivity contribution is 6.73. The highest BCUT2D eigenvalue weighted by Gasteiger charge is 2.41. The van der Waals surface area contributed by atoms with E-state index in [0.717, 1.165) is 18.7 Å². The lowest BCUT2D eigenvalue weighted by molar-refractivity contribution is 0.633. The normalized spacial score (nSPS) is 13.2. The maximum Gasteiger partial charge on any atom is 0.198 e. The summed E-state index contributed by atoms with van der Waals surface area (Å²) in [5.41, 5.74) is 20.8. The van der Waals surface area contributed by atoms with E-state index in [1.165, 1.54) is 94.4 Å². The van der Waals surface area contributed by atoms with Crippen LogP contribution in [0.2, 0.25) is 0 Å². The first kappa shape index (κ1) is 34.2. The number of benzene rings is 9. The minimum atomic E-state index is -0.168. The SMILES string of the molecule is CC1(C)c2cc3ccccc3cc2N2c3cc(-c4ccccc4)cc(-c4ccc(-c5ccccc5)cc4Nc4ccc(-c5ccccc5)cc4)c3Bc3cccc1c32. The van der Waals surface area contributed by atoms with Crippen molar-refractivity contribution < 1.29 is 0 Å². The second-order valence-electron chi connectivity index (χ2n) is 16.2. The molecule has 274 valence electrons. The van der Waals surface area contributed by atoms with Gasteiger partial charge in [0.15, 0.2) is 7.28 Å². The zero-order valence-corrected chi connectivity index (χ0v) is 32.7. The van der Waals surface area contributed by atoms with Gasteiger partial charge in [0, 0.05) is 33.7 Å². The fourth-order valence-corrected chi connectivity index (χ4v) is 9.43. The molecular formula is C55H41BN2. The zero-order chi connectivity index (χ0) is 38.8. The van der Waals surface area contributed by atoms with E-state index < -0.39 is 0 Å². The van der Waals surface area contributed by atoms with Crippen molar-refractivity contribution in [1.29, 1.82) is 0 Å². The molecule has 0 saturated heterocycles. The highest BCUT2D eigenvalue weighted by Crippen LogP contribution is 2.54. The summed E-state index contributed by atoms with van der Waals surface area (Å²) in [7, 11) is 0.837. The maximum absolute atomic E-state index is 3.92. The van der Waals surface area contributed by atoms with Crippen LogP contribution in [0.25, 0.3) is 55.3 Å². The van der Waals surface area contributed by atoms with Crippen LogP contribution in [0, 0.1) is 0 Å². The summed E-state index contributed by atoms with van der Waals surface area (Å²) < 4.78 is 0. The molecule has 0 aromatic heterocycles. The quantitative estimate of drug-likeness (QED) is 0.171. The molecule has 11 rings (SSSR count). The number of nitrogens with one attached hydrogen (secondary N) is 1. The Bertz CT molecular complexity index is 3010. The van der Waals surface area contributed by atoms with Crippen LogP contribution in [0.1, 0.15) is 25.0 Å². The van der Waals surface area contributed by atoms with E-state index in [2.05, 4.69) is 224 Å². The van der Waals surface area contributed by atoms with E-state index in [4.69, 9.17) is 0 Å². The van der Waals surface area contributed by atoms with Gasteiger partial charge in [0.2, 0.25) is 0 Å². The van der Waals surface area contributed by atoms with Gasteiger partial charge >= 0.3 is 0 Å². The van der Waals surface area contributed by atoms with Crippen LogP contribution in [0.5, 0.6) is 0 Å². The van der Waals surface area contributed by atoms with Crippen molar-refractivity contribution in [2.75, 3.05) is 10.2 Å². The summed E-state index contributed by atoms with van der Waals surface area (Å²) in [6.45, 7) is 4.79. The van der Waals surface area contributed by atoms with Crippen molar-refractivity contribution in [2.45, 2.75) is 19.3 Å². The second kappa shape index (κ2) is 13.5. The Morgan fingerprint density at radius 3 is 1.71 bits per heavy atom. The molecule has 3 heteroatoms. The Morgan fingerprint density at radius 2 is 1.02 bits per heavy atom. The Morgan fingerprint density at radius 1 is 0.431 bits per heavy atom. The van der Waals surface area contributed by atoms with Gasteiger partial charge < -0.3 is 10.2 Å². The van der Waals surface area contributed by atoms with Gasteiger partial charge in [-0.2, -0.15) is 0 Å². The number of hydrogen-bond acceptors (Lipinski definition) is 2. The molecule has 0 saturated carbocycles. The van der Waals surface area contributed by atoms with Crippen LogP contribution in [0.15, 0.2) is 200 Å². The lowest BCUT2D eigenvalue weighted by atomic mass is 9.55. The van der Waals surface area contributed by atoms with Crippen molar-refractivity contribution in [3.05, 3.63) is 211 Å². The van der Waals surface area contributed by atoms with Crippen molar-refractivity contribution in [1.82, 2.24) is 0 Å². The first-order valence-electron chi connectivity index (χ1n) is 20.3. The zero-order valence-electron chi connectivity index (χ0n) is 32.7. The Kier molecular flexibility index (Phi) is 7.98. The number of anilines is 5. The predicted molar refractivity (Wildman–Crippen MR) is 249 cm³/mol. The summed E-state index contributed by atoms with van der Waals surface area (Å²) in [6.07, 6.45) is 0. The first-order chi connectivity index (χ1) is 28.5. The maximum atomic E-state index is 3.92. The van der Waals surface area contributed by atoms with Crippen molar-refractivity contribution in [3.8, 4) is 44.5 Å². The van der Waals surface area contributed by atoms with Gasteiger partial charge in [-0.25, -0.2) is 0 Å². The third kappa shape index (κ3) is 5.65. The smallest absolute Gasteiger partial charge is 0.198 e. The van der Waals surface area contributed by atoms with Crippen LogP contribution in [0.3, 0.4) is 0 Å². The van der Waals surface area contributed by atoms with E-state index in [1.54, 1.807) is 0 Å². The Hall–Kier alpha value is -7.10. The van der Waals surface area contributed by atoms with Gasteiger partial charge in [0.1, 0.15) is 0 Å². The molecule has 2 aliphatic rings. The fraction of sp³-hybridized carbons (Fsp3) is 0.0545. The van der Waals surface area contributed by atoms with Crippen molar-refractivity contribution in [3.63, 3.8) is 0 Å². The van der Waals surface area contributed by atoms with E-state index in [0.29, 0.717) is 0 Å². The molecule has 0 radical (unpaired) electrons. The molecule has 0 aliphatic carbocycles. The summed E-state index contributed by atoms with van der Waals surface area (Å²) in [4.78, 5) is 2.60. The lowest BCUT2D eigenvalue weighted by Crippen LogP contribution is -2.45. The number of hydrogen-bond donors (Lipinski definition) is 1. The Balaban J connectivity index is 1.15. The van der Waals surface area contributed by atoms with Crippen molar-refractivity contribution in [2.24, 2.45) is 0 Å². The molecule has 9 aromatic carbocycles. The van der Waals surface area contributed by atoms with Gasteiger partial charge in [0.05, 0.1) is 5.69 Å². The summed E-state index contributed by atoms with van der Waals surface area (Å²) in [6, 6.07) is 73.4. The number of rotatable bonds is 6. The standard InChI is InChI=1S/C55H41BN2/c1-55(2)47-23-14-24-49-54(47)58(51-34-41-22-13-12-21-40(41)32-48(51)55)52-35-43(38-19-10-5-11-20-38)31-46(53(52)56-49)45-30-27-42(37-17-8-4-9-18-37)33-50(45)57-44-28-25-39(26-29-44)36-15-6-3-7-16-36/h3-35,56-57H,1-2H3. The molecule has 58 heavy (non-hydrogen) atoms. The van der Waals surface area contributed by atoms with Gasteiger partial charge in [-0.15, -0.1) is 0 Å². The predicted octanol–water partition coefficient (Wildman–Crippen LogP) is 13.1. The van der Waals surface area contributed by atoms with Crippen LogP contribution in [-0.4, -0.2) is 7.28 Å². The molecule has 0 spiro atoms. The monoisotopic (exact) mass is 740 g/mol. The molecule has 0 fully saturated rings. The summed E-state index contributed by atoms with van der Waals surface area (Å²) >= 11 is 0. The molecule has 0 amide bonds. The summed E-state index contributed by atoms with van der Waals surface area (Å²) in [5, 5.41) is 6.45. The molecule has 2 heterocycles. The molecule has 2 nitrogen and oxygen atoms in total. The number of fused-ring (bicyclic) bond motifs is 5. The second-order valence-corrected chi connectivity index (χ2v) is 16.2. The fourth-order valence-electron chi connectivity index (χ4n) is 9.43. The van der Waals surface area contributed by atoms with E-state index in [-0.39, 0.29) is 5.41 Å². The third-order valence-electron chi connectivity index (χ3n) is 12.4. The molecule has 2 aliphatic heterocycles. The van der Waals surface area contributed by atoms with Gasteiger partial charge in [0.25, 0.3) is 0 Å². The Labute approximate surface area is 341 Å². The number of nitrogens with zero attached hydrogens (tertiary/aromatic N) is 1. The first-order valence-corrected chi connectivity index (χ1v) is 20.3. The van der Waals surface area contributed by atoms with Crippen LogP contribution in [0.4, 0.5) is 28.4 Å². The van der Waals surface area contributed by atoms with Crippen molar-refractivity contribution >= 4 is 57.4 Å². The average Bonchev–Trinajstić information content (AvgIpc) is 3.28. The topological polar surface area (TPSA) is 15.3 Å². The highest BCUT2D eigenvalue weighted by atomic mass is 15.2. The molecular weight excluding hydrogens is 699 g/mol.